The van der Waals surface area contributed by atoms with Crippen LogP contribution in [0.4, 0.5) is 10.9 Å². The number of hydrogen-bond acceptors (Lipinski definition) is 4. The molecule has 0 bridgehead atoms. The lowest BCUT2D eigenvalue weighted by Gasteiger charge is -2.03. The maximum Gasteiger partial charge on any atom is 0.188 e. The Hall–Kier alpha value is -0.650. The highest BCUT2D eigenvalue weighted by atomic mass is 79.9. The van der Waals surface area contributed by atoms with E-state index in [9.17, 15) is 0 Å². The van der Waals surface area contributed by atoms with Crippen LogP contribution in [-0.2, 0) is 0 Å². The minimum absolute atomic E-state index is 0.600. The fourth-order valence-corrected chi connectivity index (χ4v) is 2.42. The van der Waals surface area contributed by atoms with Gasteiger partial charge < -0.3 is 5.32 Å². The molecule has 15 heavy (non-hydrogen) atoms. The van der Waals surface area contributed by atoms with E-state index in [0.29, 0.717) is 10.8 Å². The van der Waals surface area contributed by atoms with Crippen LogP contribution >= 0.6 is 38.9 Å². The molecule has 0 saturated carbocycles. The second-order valence-electron chi connectivity index (χ2n) is 2.89. The van der Waals surface area contributed by atoms with Crippen LogP contribution in [0.25, 0.3) is 0 Å². The molecule has 78 valence electrons. The van der Waals surface area contributed by atoms with Gasteiger partial charge in [-0.25, -0.2) is 9.97 Å². The monoisotopic (exact) mass is 303 g/mol. The number of nitrogens with zero attached hydrogens (tertiary/aromatic N) is 2. The zero-order chi connectivity index (χ0) is 10.8. The van der Waals surface area contributed by atoms with E-state index in [1.165, 1.54) is 0 Å². The summed E-state index contributed by atoms with van der Waals surface area (Å²) >= 11 is 10.7. The lowest BCUT2D eigenvalue weighted by Crippen LogP contribution is -1.93. The maximum atomic E-state index is 5.79. The first-order chi connectivity index (χ1) is 7.15. The summed E-state index contributed by atoms with van der Waals surface area (Å²) in [5.74, 6) is 0.716. The molecule has 0 aliphatic carbocycles. The Bertz CT molecular complexity index is 486. The zero-order valence-corrected chi connectivity index (χ0v) is 10.9. The third-order valence-corrected chi connectivity index (χ3v) is 3.29. The van der Waals surface area contributed by atoms with Crippen molar-refractivity contribution in [3.05, 3.63) is 32.8 Å². The molecule has 0 fully saturated rings. The number of pyridine rings is 1. The molecule has 0 aliphatic rings. The Labute approximate surface area is 105 Å². The number of anilines is 2. The number of thiazole rings is 1. The van der Waals surface area contributed by atoms with Gasteiger partial charge in [-0.2, -0.15) is 0 Å². The highest BCUT2D eigenvalue weighted by molar-refractivity contribution is 9.10. The lowest BCUT2D eigenvalue weighted by atomic mass is 10.4. The highest BCUT2D eigenvalue weighted by Gasteiger charge is 2.04. The Morgan fingerprint density at radius 1 is 1.40 bits per heavy atom. The number of nitrogens with one attached hydrogen (secondary N) is 1. The van der Waals surface area contributed by atoms with E-state index in [4.69, 9.17) is 11.6 Å². The quantitative estimate of drug-likeness (QED) is 0.911. The molecular weight excluding hydrogens is 298 g/mol. The minimum atomic E-state index is 0.600. The molecular formula is C9H7BrClN3S. The molecule has 0 aromatic carbocycles. The molecule has 0 radical (unpaired) electrons. The maximum absolute atomic E-state index is 5.79. The topological polar surface area (TPSA) is 37.8 Å². The summed E-state index contributed by atoms with van der Waals surface area (Å²) in [6.07, 6.45) is 3.41. The third kappa shape index (κ3) is 2.68. The normalized spacial score (nSPS) is 10.3. The summed E-state index contributed by atoms with van der Waals surface area (Å²) in [5, 5.41) is 4.53. The van der Waals surface area contributed by atoms with Crippen LogP contribution in [0.1, 0.15) is 4.88 Å². The first kappa shape index (κ1) is 10.9. The average Bonchev–Trinajstić information content (AvgIpc) is 2.56. The van der Waals surface area contributed by atoms with E-state index in [1.54, 1.807) is 23.6 Å². The van der Waals surface area contributed by atoms with Crippen molar-refractivity contribution >= 4 is 49.8 Å². The standard InChI is InChI=1S/C9H7BrClN3S/c1-5-3-13-9(15-5)14-8-7(10)2-6(11)4-12-8/h2-4H,1H3,(H,12,13,14). The van der Waals surface area contributed by atoms with Crippen molar-refractivity contribution in [3.8, 4) is 0 Å². The number of hydrogen-bond donors (Lipinski definition) is 1. The highest BCUT2D eigenvalue weighted by Crippen LogP contribution is 2.27. The summed E-state index contributed by atoms with van der Waals surface area (Å²) in [7, 11) is 0. The van der Waals surface area contributed by atoms with Crippen LogP contribution in [0.15, 0.2) is 22.9 Å². The number of aromatic nitrogens is 2. The molecule has 6 heteroatoms. The predicted molar refractivity (Wildman–Crippen MR) is 67.1 cm³/mol. The van der Waals surface area contributed by atoms with Crippen molar-refractivity contribution < 1.29 is 0 Å². The van der Waals surface area contributed by atoms with Gasteiger partial charge in [-0.1, -0.05) is 11.6 Å². The van der Waals surface area contributed by atoms with Crippen molar-refractivity contribution in [2.75, 3.05) is 5.32 Å². The van der Waals surface area contributed by atoms with Gasteiger partial charge >= 0.3 is 0 Å². The second-order valence-corrected chi connectivity index (χ2v) is 5.41. The molecule has 2 rings (SSSR count). The smallest absolute Gasteiger partial charge is 0.188 e. The van der Waals surface area contributed by atoms with Gasteiger partial charge in [0.05, 0.1) is 9.50 Å². The van der Waals surface area contributed by atoms with Crippen molar-refractivity contribution in [1.82, 2.24) is 9.97 Å². The largest absolute Gasteiger partial charge is 0.315 e. The van der Waals surface area contributed by atoms with Gasteiger partial charge in [-0.15, -0.1) is 11.3 Å². The minimum Gasteiger partial charge on any atom is -0.315 e. The van der Waals surface area contributed by atoms with E-state index in [1.807, 2.05) is 13.1 Å². The van der Waals surface area contributed by atoms with Gasteiger partial charge in [0.15, 0.2) is 5.13 Å². The SMILES string of the molecule is Cc1cnc(Nc2ncc(Cl)cc2Br)s1. The molecule has 3 nitrogen and oxygen atoms in total. The van der Waals surface area contributed by atoms with Crippen LogP contribution in [0, 0.1) is 6.92 Å². The molecule has 0 saturated heterocycles. The summed E-state index contributed by atoms with van der Waals surface area (Å²) < 4.78 is 0.822. The van der Waals surface area contributed by atoms with Gasteiger partial charge in [0, 0.05) is 17.3 Å². The van der Waals surface area contributed by atoms with Gasteiger partial charge in [-0.05, 0) is 28.9 Å². The van der Waals surface area contributed by atoms with E-state index in [0.717, 1.165) is 14.5 Å². The summed E-state index contributed by atoms with van der Waals surface area (Å²) in [6, 6.07) is 1.79. The molecule has 1 N–H and O–H groups in total. The van der Waals surface area contributed by atoms with Crippen LogP contribution in [0.5, 0.6) is 0 Å². The molecule has 2 aromatic rings. The lowest BCUT2D eigenvalue weighted by molar-refractivity contribution is 1.27. The molecule has 0 spiro atoms. The van der Waals surface area contributed by atoms with Crippen LogP contribution in [0.2, 0.25) is 5.02 Å². The molecule has 0 atom stereocenters. The zero-order valence-electron chi connectivity index (χ0n) is 7.79. The summed E-state index contributed by atoms with van der Waals surface area (Å²) in [5.41, 5.74) is 0. The van der Waals surface area contributed by atoms with Crippen LogP contribution < -0.4 is 5.32 Å². The Balaban J connectivity index is 2.24. The van der Waals surface area contributed by atoms with Crippen molar-refractivity contribution in [2.45, 2.75) is 6.92 Å². The predicted octanol–water partition coefficient (Wildman–Crippen LogP) is 4.01. The van der Waals surface area contributed by atoms with Crippen molar-refractivity contribution in [1.29, 1.82) is 0 Å². The fraction of sp³-hybridized carbons (Fsp3) is 0.111. The fourth-order valence-electron chi connectivity index (χ4n) is 1.02. The van der Waals surface area contributed by atoms with E-state index >= 15 is 0 Å². The average molecular weight is 305 g/mol. The van der Waals surface area contributed by atoms with Crippen LogP contribution in [0.3, 0.4) is 0 Å². The second kappa shape index (κ2) is 4.47. The molecule has 0 unspecified atom stereocenters. The van der Waals surface area contributed by atoms with Crippen LogP contribution in [-0.4, -0.2) is 9.97 Å². The van der Waals surface area contributed by atoms with Gasteiger partial charge in [-0.3, -0.25) is 0 Å². The Morgan fingerprint density at radius 2 is 2.20 bits per heavy atom. The molecule has 0 amide bonds. The van der Waals surface area contributed by atoms with Gasteiger partial charge in [0.1, 0.15) is 5.82 Å². The van der Waals surface area contributed by atoms with E-state index in [2.05, 4.69) is 31.2 Å². The van der Waals surface area contributed by atoms with Gasteiger partial charge in [0.25, 0.3) is 0 Å². The molecule has 2 aromatic heterocycles. The number of aryl methyl sites for hydroxylation is 1. The van der Waals surface area contributed by atoms with Crippen molar-refractivity contribution in [2.24, 2.45) is 0 Å². The van der Waals surface area contributed by atoms with Crippen molar-refractivity contribution in [3.63, 3.8) is 0 Å². The summed E-state index contributed by atoms with van der Waals surface area (Å²) in [6.45, 7) is 2.01. The first-order valence-electron chi connectivity index (χ1n) is 4.15. The van der Waals surface area contributed by atoms with E-state index in [-0.39, 0.29) is 0 Å². The first-order valence-corrected chi connectivity index (χ1v) is 6.14. The van der Waals surface area contributed by atoms with E-state index < -0.39 is 0 Å². The Kier molecular flexibility index (Phi) is 3.23. The third-order valence-electron chi connectivity index (χ3n) is 1.65. The molecule has 2 heterocycles. The number of halogens is 2. The Morgan fingerprint density at radius 3 is 2.80 bits per heavy atom. The van der Waals surface area contributed by atoms with Gasteiger partial charge in [0.2, 0.25) is 0 Å². The summed E-state index contributed by atoms with van der Waals surface area (Å²) in [4.78, 5) is 9.50. The molecule has 0 aliphatic heterocycles. The number of rotatable bonds is 2.